The molecule has 90 valence electrons. The van der Waals surface area contributed by atoms with Crippen molar-refractivity contribution in [1.82, 2.24) is 15.3 Å². The molecular formula is C12H14BrN3S. The molecule has 1 unspecified atom stereocenters. The van der Waals surface area contributed by atoms with Crippen molar-refractivity contribution < 1.29 is 0 Å². The number of pyridine rings is 1. The van der Waals surface area contributed by atoms with E-state index in [2.05, 4.69) is 38.1 Å². The van der Waals surface area contributed by atoms with Crippen LogP contribution in [0.25, 0.3) is 0 Å². The van der Waals surface area contributed by atoms with Gasteiger partial charge >= 0.3 is 0 Å². The summed E-state index contributed by atoms with van der Waals surface area (Å²) in [5.74, 6) is 0. The summed E-state index contributed by atoms with van der Waals surface area (Å²) >= 11 is 5.11. The lowest BCUT2D eigenvalue weighted by Gasteiger charge is -2.12. The number of hydrogen-bond acceptors (Lipinski definition) is 4. The molecule has 0 saturated carbocycles. The molecular weight excluding hydrogens is 298 g/mol. The molecule has 2 aromatic heterocycles. The maximum absolute atomic E-state index is 4.58. The Labute approximate surface area is 113 Å². The minimum absolute atomic E-state index is 0.0699. The monoisotopic (exact) mass is 311 g/mol. The highest BCUT2D eigenvalue weighted by Crippen LogP contribution is 2.27. The zero-order valence-electron chi connectivity index (χ0n) is 9.99. The van der Waals surface area contributed by atoms with Gasteiger partial charge in [0.2, 0.25) is 0 Å². The fourth-order valence-electron chi connectivity index (χ4n) is 1.58. The van der Waals surface area contributed by atoms with Crippen LogP contribution in [0.3, 0.4) is 0 Å². The summed E-state index contributed by atoms with van der Waals surface area (Å²) in [7, 11) is 1.93. The third-order valence-electron chi connectivity index (χ3n) is 2.63. The first-order valence-electron chi connectivity index (χ1n) is 5.34. The maximum atomic E-state index is 4.58. The summed E-state index contributed by atoms with van der Waals surface area (Å²) < 4.78 is 0.989. The normalized spacial score (nSPS) is 12.7. The summed E-state index contributed by atoms with van der Waals surface area (Å²) in [4.78, 5) is 10.3. The Morgan fingerprint density at radius 1 is 1.35 bits per heavy atom. The lowest BCUT2D eigenvalue weighted by atomic mass is 10.2. The summed E-state index contributed by atoms with van der Waals surface area (Å²) in [5, 5.41) is 4.33. The molecule has 2 heterocycles. The highest BCUT2D eigenvalue weighted by molar-refractivity contribution is 9.10. The predicted molar refractivity (Wildman–Crippen MR) is 74.4 cm³/mol. The molecule has 0 aliphatic rings. The van der Waals surface area contributed by atoms with Gasteiger partial charge < -0.3 is 5.32 Å². The summed E-state index contributed by atoms with van der Waals surface area (Å²) in [6.07, 6.45) is 1.81. The number of hydrogen-bond donors (Lipinski definition) is 1. The SMILES string of the molecule is CNC(c1ccc(Br)cn1)c1nc(C)c(C)s1. The van der Waals surface area contributed by atoms with Crippen molar-refractivity contribution in [3.63, 3.8) is 0 Å². The second-order valence-corrected chi connectivity index (χ2v) is 5.97. The van der Waals surface area contributed by atoms with Crippen LogP contribution in [0.2, 0.25) is 0 Å². The van der Waals surface area contributed by atoms with Crippen molar-refractivity contribution in [1.29, 1.82) is 0 Å². The van der Waals surface area contributed by atoms with Crippen LogP contribution in [-0.2, 0) is 0 Å². The zero-order valence-corrected chi connectivity index (χ0v) is 12.4. The molecule has 0 amide bonds. The lowest BCUT2D eigenvalue weighted by Crippen LogP contribution is -2.18. The van der Waals surface area contributed by atoms with E-state index < -0.39 is 0 Å². The molecule has 0 aliphatic carbocycles. The van der Waals surface area contributed by atoms with Crippen LogP contribution in [0.5, 0.6) is 0 Å². The van der Waals surface area contributed by atoms with E-state index in [0.29, 0.717) is 0 Å². The van der Waals surface area contributed by atoms with Crippen molar-refractivity contribution in [3.8, 4) is 0 Å². The fraction of sp³-hybridized carbons (Fsp3) is 0.333. The molecule has 0 aliphatic heterocycles. The molecule has 0 bridgehead atoms. The van der Waals surface area contributed by atoms with Crippen LogP contribution in [0, 0.1) is 13.8 Å². The van der Waals surface area contributed by atoms with Crippen LogP contribution in [0.1, 0.15) is 27.3 Å². The van der Waals surface area contributed by atoms with Crippen LogP contribution in [0.15, 0.2) is 22.8 Å². The van der Waals surface area contributed by atoms with Gasteiger partial charge in [0.15, 0.2) is 0 Å². The third kappa shape index (κ3) is 2.73. The lowest BCUT2D eigenvalue weighted by molar-refractivity contribution is 0.664. The average molecular weight is 312 g/mol. The molecule has 2 rings (SSSR count). The molecule has 1 atom stereocenters. The van der Waals surface area contributed by atoms with Crippen LogP contribution in [0.4, 0.5) is 0 Å². The highest BCUT2D eigenvalue weighted by Gasteiger charge is 2.17. The van der Waals surface area contributed by atoms with Gasteiger partial charge in [0.05, 0.1) is 11.4 Å². The van der Waals surface area contributed by atoms with Crippen molar-refractivity contribution in [2.75, 3.05) is 7.05 Å². The molecule has 0 aromatic carbocycles. The first kappa shape index (κ1) is 12.7. The minimum Gasteiger partial charge on any atom is -0.306 e. The van der Waals surface area contributed by atoms with Gasteiger partial charge in [0.25, 0.3) is 0 Å². The molecule has 1 N–H and O–H groups in total. The molecule has 3 nitrogen and oxygen atoms in total. The zero-order chi connectivity index (χ0) is 12.4. The maximum Gasteiger partial charge on any atom is 0.116 e. The van der Waals surface area contributed by atoms with E-state index in [-0.39, 0.29) is 6.04 Å². The van der Waals surface area contributed by atoms with E-state index in [1.54, 1.807) is 11.3 Å². The Hall–Kier alpha value is -0.780. The van der Waals surface area contributed by atoms with Gasteiger partial charge in [-0.3, -0.25) is 4.98 Å². The average Bonchev–Trinajstić information content (AvgIpc) is 2.63. The van der Waals surface area contributed by atoms with E-state index in [9.17, 15) is 0 Å². The van der Waals surface area contributed by atoms with E-state index in [0.717, 1.165) is 20.9 Å². The van der Waals surface area contributed by atoms with Crippen LogP contribution >= 0.6 is 27.3 Å². The number of aromatic nitrogens is 2. The Morgan fingerprint density at radius 3 is 2.59 bits per heavy atom. The molecule has 5 heteroatoms. The Kier molecular flexibility index (Phi) is 3.91. The summed E-state index contributed by atoms with van der Waals surface area (Å²) in [5.41, 5.74) is 2.09. The highest BCUT2D eigenvalue weighted by atomic mass is 79.9. The van der Waals surface area contributed by atoms with Gasteiger partial charge in [0, 0.05) is 15.5 Å². The van der Waals surface area contributed by atoms with E-state index in [1.165, 1.54) is 4.88 Å². The first-order chi connectivity index (χ1) is 8.11. The standard InChI is InChI=1S/C12H14BrN3S/c1-7-8(2)17-12(16-7)11(14-3)10-5-4-9(13)6-15-10/h4-6,11,14H,1-3H3. The molecule has 17 heavy (non-hydrogen) atoms. The van der Waals surface area contributed by atoms with Crippen molar-refractivity contribution in [2.24, 2.45) is 0 Å². The largest absolute Gasteiger partial charge is 0.306 e. The molecule has 0 radical (unpaired) electrons. The molecule has 0 saturated heterocycles. The Bertz CT molecular complexity index is 487. The predicted octanol–water partition coefficient (Wildman–Crippen LogP) is 3.23. The number of aryl methyl sites for hydroxylation is 2. The van der Waals surface area contributed by atoms with Gasteiger partial charge in [0.1, 0.15) is 11.0 Å². The topological polar surface area (TPSA) is 37.8 Å². The van der Waals surface area contributed by atoms with Crippen molar-refractivity contribution in [2.45, 2.75) is 19.9 Å². The van der Waals surface area contributed by atoms with Gasteiger partial charge in [-0.25, -0.2) is 4.98 Å². The quantitative estimate of drug-likeness (QED) is 0.945. The second-order valence-electron chi connectivity index (χ2n) is 3.82. The van der Waals surface area contributed by atoms with Crippen molar-refractivity contribution in [3.05, 3.63) is 44.1 Å². The van der Waals surface area contributed by atoms with Gasteiger partial charge in [-0.1, -0.05) is 0 Å². The van der Waals surface area contributed by atoms with E-state index in [4.69, 9.17) is 0 Å². The van der Waals surface area contributed by atoms with Gasteiger partial charge in [-0.15, -0.1) is 11.3 Å². The Balaban J connectivity index is 2.36. The van der Waals surface area contributed by atoms with Crippen molar-refractivity contribution >= 4 is 27.3 Å². The number of nitrogens with zero attached hydrogens (tertiary/aromatic N) is 2. The second kappa shape index (κ2) is 5.25. The minimum atomic E-state index is 0.0699. The molecule has 0 spiro atoms. The van der Waals surface area contributed by atoms with Crippen LogP contribution in [-0.4, -0.2) is 17.0 Å². The fourth-order valence-corrected chi connectivity index (χ4v) is 2.86. The van der Waals surface area contributed by atoms with Crippen LogP contribution < -0.4 is 5.32 Å². The van der Waals surface area contributed by atoms with E-state index >= 15 is 0 Å². The number of thiazole rings is 1. The summed E-state index contributed by atoms with van der Waals surface area (Å²) in [6.45, 7) is 4.13. The third-order valence-corrected chi connectivity index (χ3v) is 4.23. The van der Waals surface area contributed by atoms with Gasteiger partial charge in [-0.05, 0) is 49.0 Å². The summed E-state index contributed by atoms with van der Waals surface area (Å²) in [6, 6.07) is 4.08. The molecule has 0 fully saturated rings. The number of nitrogens with one attached hydrogen (secondary N) is 1. The number of halogens is 1. The van der Waals surface area contributed by atoms with Gasteiger partial charge in [-0.2, -0.15) is 0 Å². The smallest absolute Gasteiger partial charge is 0.116 e. The first-order valence-corrected chi connectivity index (χ1v) is 6.95. The number of rotatable bonds is 3. The van der Waals surface area contributed by atoms with E-state index in [1.807, 2.05) is 32.3 Å². The molecule has 2 aromatic rings. The Morgan fingerprint density at radius 2 is 2.12 bits per heavy atom.